The summed E-state index contributed by atoms with van der Waals surface area (Å²) in [6, 6.07) is 8.96. The Balaban J connectivity index is 2.47. The van der Waals surface area contributed by atoms with Gasteiger partial charge in [0.25, 0.3) is 5.91 Å². The maximum absolute atomic E-state index is 11.0. The van der Waals surface area contributed by atoms with Gasteiger partial charge in [-0.2, -0.15) is 5.10 Å². The van der Waals surface area contributed by atoms with Gasteiger partial charge in [-0.15, -0.1) is 0 Å². The van der Waals surface area contributed by atoms with E-state index in [-0.39, 0.29) is 5.69 Å². The number of aryl methyl sites for hydroxylation is 1. The van der Waals surface area contributed by atoms with Gasteiger partial charge in [-0.25, -0.2) is 0 Å². The average molecular weight is 236 g/mol. The van der Waals surface area contributed by atoms with Gasteiger partial charge in [0.05, 0.1) is 5.69 Å². The topological polar surface area (TPSA) is 60.9 Å². The third-order valence-electron chi connectivity index (χ3n) is 2.27. The van der Waals surface area contributed by atoms with Gasteiger partial charge >= 0.3 is 0 Å². The smallest absolute Gasteiger partial charge is 0.269 e. The van der Waals surface area contributed by atoms with Crippen LogP contribution in [0.1, 0.15) is 10.5 Å². The van der Waals surface area contributed by atoms with Crippen LogP contribution in [0.5, 0.6) is 0 Å². The van der Waals surface area contributed by atoms with Crippen molar-refractivity contribution in [2.75, 3.05) is 0 Å². The minimum absolute atomic E-state index is 0.257. The molecule has 1 heterocycles. The Kier molecular flexibility index (Phi) is 2.66. The maximum atomic E-state index is 11.0. The van der Waals surface area contributed by atoms with E-state index in [1.165, 1.54) is 0 Å². The molecule has 1 amide bonds. The van der Waals surface area contributed by atoms with Gasteiger partial charge in [0, 0.05) is 12.1 Å². The molecule has 82 valence electrons. The molecule has 0 bridgehead atoms. The number of rotatable bonds is 2. The van der Waals surface area contributed by atoms with Crippen molar-refractivity contribution in [1.82, 2.24) is 9.78 Å². The molecule has 0 aliphatic heterocycles. The first kappa shape index (κ1) is 10.7. The van der Waals surface area contributed by atoms with Gasteiger partial charge in [0.1, 0.15) is 0 Å². The molecule has 4 nitrogen and oxygen atoms in total. The monoisotopic (exact) mass is 235 g/mol. The minimum Gasteiger partial charge on any atom is -0.364 e. The first-order valence-electron chi connectivity index (χ1n) is 4.67. The van der Waals surface area contributed by atoms with Crippen molar-refractivity contribution in [1.29, 1.82) is 0 Å². The predicted molar refractivity (Wildman–Crippen MR) is 62.2 cm³/mol. The molecule has 0 aliphatic carbocycles. The van der Waals surface area contributed by atoms with Gasteiger partial charge in [0.15, 0.2) is 5.69 Å². The molecule has 5 heteroatoms. The van der Waals surface area contributed by atoms with E-state index in [2.05, 4.69) is 5.10 Å². The minimum atomic E-state index is -0.532. The van der Waals surface area contributed by atoms with Crippen LogP contribution >= 0.6 is 11.6 Å². The van der Waals surface area contributed by atoms with Gasteiger partial charge in [0.2, 0.25) is 0 Å². The van der Waals surface area contributed by atoms with E-state index in [0.29, 0.717) is 5.02 Å². The molecule has 0 radical (unpaired) electrons. The Labute approximate surface area is 97.6 Å². The second kappa shape index (κ2) is 3.98. The van der Waals surface area contributed by atoms with E-state index >= 15 is 0 Å². The lowest BCUT2D eigenvalue weighted by atomic mass is 10.1. The summed E-state index contributed by atoms with van der Waals surface area (Å²) in [6.45, 7) is 0. The number of carbonyl (C=O) groups is 1. The summed E-state index contributed by atoms with van der Waals surface area (Å²) in [6.07, 6.45) is 0. The van der Waals surface area contributed by atoms with Crippen LogP contribution < -0.4 is 5.73 Å². The van der Waals surface area contributed by atoms with Crippen LogP contribution in [0.2, 0.25) is 5.02 Å². The fourth-order valence-corrected chi connectivity index (χ4v) is 1.60. The summed E-state index contributed by atoms with van der Waals surface area (Å²) in [4.78, 5) is 11.0. The van der Waals surface area contributed by atoms with Crippen molar-refractivity contribution in [2.24, 2.45) is 12.8 Å². The Bertz CT molecular complexity index is 531. The van der Waals surface area contributed by atoms with Crippen LogP contribution in [0.25, 0.3) is 11.3 Å². The second-order valence-electron chi connectivity index (χ2n) is 3.41. The van der Waals surface area contributed by atoms with Crippen molar-refractivity contribution in [3.8, 4) is 11.3 Å². The number of halogens is 1. The largest absolute Gasteiger partial charge is 0.364 e. The molecule has 2 N–H and O–H groups in total. The number of nitrogens with zero attached hydrogens (tertiary/aromatic N) is 2. The van der Waals surface area contributed by atoms with Gasteiger partial charge in [-0.1, -0.05) is 23.7 Å². The van der Waals surface area contributed by atoms with Gasteiger partial charge in [-0.3, -0.25) is 9.48 Å². The van der Waals surface area contributed by atoms with E-state index in [1.54, 1.807) is 29.9 Å². The van der Waals surface area contributed by atoms with Gasteiger partial charge < -0.3 is 5.73 Å². The van der Waals surface area contributed by atoms with Crippen molar-refractivity contribution in [3.63, 3.8) is 0 Å². The molecule has 2 rings (SSSR count). The number of nitrogens with two attached hydrogens (primary N) is 1. The lowest BCUT2D eigenvalue weighted by Crippen LogP contribution is -2.11. The highest BCUT2D eigenvalue weighted by Crippen LogP contribution is 2.21. The molecule has 0 saturated carbocycles. The zero-order chi connectivity index (χ0) is 11.7. The summed E-state index contributed by atoms with van der Waals surface area (Å²) < 4.78 is 1.61. The maximum Gasteiger partial charge on any atom is 0.269 e. The number of benzene rings is 1. The van der Waals surface area contributed by atoms with Gasteiger partial charge in [-0.05, 0) is 23.8 Å². The van der Waals surface area contributed by atoms with E-state index < -0.39 is 5.91 Å². The Morgan fingerprint density at radius 1 is 1.38 bits per heavy atom. The molecule has 0 spiro atoms. The predicted octanol–water partition coefficient (Wildman–Crippen LogP) is 1.84. The molecular weight excluding hydrogens is 226 g/mol. The highest BCUT2D eigenvalue weighted by atomic mass is 35.5. The highest BCUT2D eigenvalue weighted by Gasteiger charge is 2.10. The van der Waals surface area contributed by atoms with Crippen LogP contribution in [0, 0.1) is 0 Å². The summed E-state index contributed by atoms with van der Waals surface area (Å²) in [7, 11) is 1.76. The van der Waals surface area contributed by atoms with Crippen molar-refractivity contribution in [3.05, 3.63) is 41.0 Å². The van der Waals surface area contributed by atoms with E-state index in [9.17, 15) is 4.79 Å². The zero-order valence-corrected chi connectivity index (χ0v) is 9.40. The van der Waals surface area contributed by atoms with E-state index in [1.807, 2.05) is 12.1 Å². The molecule has 1 aromatic carbocycles. The fourth-order valence-electron chi connectivity index (χ4n) is 1.48. The third-order valence-corrected chi connectivity index (χ3v) is 2.52. The molecule has 0 atom stereocenters. The van der Waals surface area contributed by atoms with Crippen LogP contribution in [0.4, 0.5) is 0 Å². The Morgan fingerprint density at radius 2 is 2.00 bits per heavy atom. The lowest BCUT2D eigenvalue weighted by Gasteiger charge is -2.00. The van der Waals surface area contributed by atoms with Crippen LogP contribution in [-0.4, -0.2) is 15.7 Å². The normalized spacial score (nSPS) is 10.4. The van der Waals surface area contributed by atoms with Crippen LogP contribution in [-0.2, 0) is 7.05 Å². The van der Waals surface area contributed by atoms with Crippen molar-refractivity contribution < 1.29 is 4.79 Å². The molecule has 1 aromatic heterocycles. The fraction of sp³-hybridized carbons (Fsp3) is 0.0909. The molecule has 0 saturated heterocycles. The quantitative estimate of drug-likeness (QED) is 0.864. The molecule has 0 fully saturated rings. The van der Waals surface area contributed by atoms with Crippen LogP contribution in [0.15, 0.2) is 30.3 Å². The molecule has 16 heavy (non-hydrogen) atoms. The first-order valence-corrected chi connectivity index (χ1v) is 5.05. The van der Waals surface area contributed by atoms with Crippen molar-refractivity contribution in [2.45, 2.75) is 0 Å². The number of hydrogen-bond donors (Lipinski definition) is 1. The zero-order valence-electron chi connectivity index (χ0n) is 8.64. The first-order chi connectivity index (χ1) is 7.58. The summed E-state index contributed by atoms with van der Waals surface area (Å²) in [5.74, 6) is -0.532. The van der Waals surface area contributed by atoms with Crippen LogP contribution in [0.3, 0.4) is 0 Å². The van der Waals surface area contributed by atoms with E-state index in [0.717, 1.165) is 11.3 Å². The lowest BCUT2D eigenvalue weighted by molar-refractivity contribution is 0.0995. The highest BCUT2D eigenvalue weighted by molar-refractivity contribution is 6.30. The number of carbonyl (C=O) groups excluding carboxylic acids is 1. The SMILES string of the molecule is Cn1nc(C(N)=O)cc1-c1ccc(Cl)cc1. The second-order valence-corrected chi connectivity index (χ2v) is 3.85. The number of primary amides is 1. The number of hydrogen-bond acceptors (Lipinski definition) is 2. The Hall–Kier alpha value is -1.81. The average Bonchev–Trinajstić information content (AvgIpc) is 2.62. The summed E-state index contributed by atoms with van der Waals surface area (Å²) >= 11 is 5.80. The molecular formula is C11H10ClN3O. The molecule has 0 aliphatic rings. The standard InChI is InChI=1S/C11H10ClN3O/c1-15-10(6-9(14-15)11(13)16)7-2-4-8(12)5-3-7/h2-6H,1H3,(H2,13,16). The third kappa shape index (κ3) is 1.92. The molecule has 0 unspecified atom stereocenters. The van der Waals surface area contributed by atoms with Crippen molar-refractivity contribution >= 4 is 17.5 Å². The summed E-state index contributed by atoms with van der Waals surface area (Å²) in [5, 5.41) is 4.69. The Morgan fingerprint density at radius 3 is 2.50 bits per heavy atom. The van der Waals surface area contributed by atoms with E-state index in [4.69, 9.17) is 17.3 Å². The number of amides is 1. The molecule has 2 aromatic rings. The number of aromatic nitrogens is 2. The summed E-state index contributed by atoms with van der Waals surface area (Å²) in [5.41, 5.74) is 7.18.